The molecular formula is C14H23N3O4S. The number of nitrogens with zero attached hydrogens (tertiary/aromatic N) is 2. The number of hydrogen-bond acceptors (Lipinski definition) is 4. The Balaban J connectivity index is 1.99. The van der Waals surface area contributed by atoms with Crippen LogP contribution in [0.5, 0.6) is 0 Å². The lowest BCUT2D eigenvalue weighted by atomic mass is 9.88. The molecule has 0 radical (unpaired) electrons. The smallest absolute Gasteiger partial charge is 0.250 e. The van der Waals surface area contributed by atoms with Crippen LogP contribution in [0, 0.1) is 5.41 Å². The number of hydrogen-bond donors (Lipinski definition) is 3. The molecule has 1 aliphatic carbocycles. The molecule has 0 spiro atoms. The summed E-state index contributed by atoms with van der Waals surface area (Å²) in [6.45, 7) is 2.02. The number of rotatable bonds is 7. The van der Waals surface area contributed by atoms with Gasteiger partial charge in [0.1, 0.15) is 0 Å². The zero-order valence-corrected chi connectivity index (χ0v) is 13.5. The van der Waals surface area contributed by atoms with E-state index < -0.39 is 22.4 Å². The summed E-state index contributed by atoms with van der Waals surface area (Å²) in [6.07, 6.45) is 9.07. The van der Waals surface area contributed by atoms with E-state index in [0.717, 1.165) is 0 Å². The molecule has 124 valence electrons. The van der Waals surface area contributed by atoms with E-state index in [1.165, 1.54) is 31.2 Å². The molecule has 0 aromatic carbocycles. The summed E-state index contributed by atoms with van der Waals surface area (Å²) in [5.74, 6) is -0.306. The van der Waals surface area contributed by atoms with Crippen molar-refractivity contribution in [2.75, 3.05) is 5.75 Å². The Hall–Kier alpha value is -1.25. The third kappa shape index (κ3) is 4.15. The Morgan fingerprint density at radius 1 is 1.55 bits per heavy atom. The van der Waals surface area contributed by atoms with Crippen molar-refractivity contribution >= 4 is 17.0 Å². The van der Waals surface area contributed by atoms with Gasteiger partial charge in [0.05, 0.1) is 17.4 Å². The molecular weight excluding hydrogens is 306 g/mol. The first-order valence-electron chi connectivity index (χ1n) is 7.49. The fourth-order valence-corrected chi connectivity index (χ4v) is 3.81. The first kappa shape index (κ1) is 17.1. The number of aromatic nitrogens is 2. The Morgan fingerprint density at radius 3 is 2.82 bits per heavy atom. The highest BCUT2D eigenvalue weighted by molar-refractivity contribution is 7.79. The van der Waals surface area contributed by atoms with Crippen molar-refractivity contribution in [1.82, 2.24) is 15.3 Å². The van der Waals surface area contributed by atoms with Gasteiger partial charge in [-0.05, 0) is 37.7 Å². The predicted molar refractivity (Wildman–Crippen MR) is 81.7 cm³/mol. The van der Waals surface area contributed by atoms with E-state index in [1.807, 2.05) is 12.4 Å². The van der Waals surface area contributed by atoms with Gasteiger partial charge in [-0.25, -0.2) is 9.69 Å². The molecule has 8 heteroatoms. The fourth-order valence-electron chi connectivity index (χ4n) is 2.99. The second-order valence-corrected chi connectivity index (χ2v) is 7.17. The molecule has 1 heterocycles. The van der Waals surface area contributed by atoms with Gasteiger partial charge in [-0.15, -0.1) is 0 Å². The van der Waals surface area contributed by atoms with E-state index in [0.29, 0.717) is 18.9 Å². The molecule has 22 heavy (non-hydrogen) atoms. The van der Waals surface area contributed by atoms with Crippen LogP contribution < -0.4 is 5.48 Å². The molecule has 2 rings (SSSR count). The molecule has 0 saturated heterocycles. The predicted octanol–water partition coefficient (Wildman–Crippen LogP) is 1.66. The second kappa shape index (κ2) is 7.34. The summed E-state index contributed by atoms with van der Waals surface area (Å²) >= 11 is -2.11. The van der Waals surface area contributed by atoms with Gasteiger partial charge in [0, 0.05) is 12.7 Å². The van der Waals surface area contributed by atoms with Crippen molar-refractivity contribution in [1.29, 1.82) is 0 Å². The second-order valence-electron chi connectivity index (χ2n) is 6.24. The topological polar surface area (TPSA) is 104 Å². The highest BCUT2D eigenvalue weighted by atomic mass is 32.2. The summed E-state index contributed by atoms with van der Waals surface area (Å²) in [4.78, 5) is 11.8. The minimum Gasteiger partial charge on any atom is -0.306 e. The average molecular weight is 329 g/mol. The minimum atomic E-state index is -2.11. The third-order valence-electron chi connectivity index (χ3n) is 4.46. The van der Waals surface area contributed by atoms with Crippen LogP contribution in [0.1, 0.15) is 50.5 Å². The van der Waals surface area contributed by atoms with Crippen LogP contribution in [-0.2, 0) is 22.4 Å². The Kier molecular flexibility index (Phi) is 5.71. The third-order valence-corrected chi connectivity index (χ3v) is 5.35. The molecule has 1 aromatic heterocycles. The lowest BCUT2D eigenvalue weighted by Crippen LogP contribution is -2.42. The zero-order chi connectivity index (χ0) is 16.2. The Labute approximate surface area is 132 Å². The number of hydroxylamine groups is 1. The van der Waals surface area contributed by atoms with Crippen molar-refractivity contribution in [3.8, 4) is 0 Å². The number of aryl methyl sites for hydroxylation is 1. The molecule has 1 aromatic rings. The maximum Gasteiger partial charge on any atom is 0.250 e. The van der Waals surface area contributed by atoms with Crippen molar-refractivity contribution < 1.29 is 18.8 Å². The molecule has 1 aliphatic rings. The fraction of sp³-hybridized carbons (Fsp3) is 0.714. The van der Waals surface area contributed by atoms with E-state index in [-0.39, 0.29) is 5.75 Å². The van der Waals surface area contributed by atoms with Gasteiger partial charge < -0.3 is 4.55 Å². The lowest BCUT2D eigenvalue weighted by molar-refractivity contribution is -0.138. The molecule has 0 bridgehead atoms. The van der Waals surface area contributed by atoms with Crippen LogP contribution in [0.3, 0.4) is 0 Å². The van der Waals surface area contributed by atoms with Crippen molar-refractivity contribution in [2.45, 2.75) is 51.5 Å². The normalized spacial score (nSPS) is 19.8. The Morgan fingerprint density at radius 2 is 2.23 bits per heavy atom. The first-order chi connectivity index (χ1) is 10.4. The highest BCUT2D eigenvalue weighted by Crippen LogP contribution is 2.33. The maximum atomic E-state index is 11.8. The van der Waals surface area contributed by atoms with Crippen LogP contribution >= 0.6 is 0 Å². The molecule has 1 unspecified atom stereocenters. The largest absolute Gasteiger partial charge is 0.306 e. The Bertz CT molecular complexity index is 542. The molecule has 1 fully saturated rings. The monoisotopic (exact) mass is 329 g/mol. The number of nitrogens with one attached hydrogen (secondary N) is 1. The average Bonchev–Trinajstić information content (AvgIpc) is 3.14. The molecule has 0 aliphatic heterocycles. The van der Waals surface area contributed by atoms with Gasteiger partial charge in [-0.3, -0.25) is 14.7 Å². The van der Waals surface area contributed by atoms with Crippen molar-refractivity contribution in [3.05, 3.63) is 18.0 Å². The number of carbonyl (C=O) groups is 1. The lowest BCUT2D eigenvalue weighted by Gasteiger charge is -2.25. The van der Waals surface area contributed by atoms with E-state index >= 15 is 0 Å². The van der Waals surface area contributed by atoms with Gasteiger partial charge in [-0.1, -0.05) is 12.8 Å². The molecule has 2 atom stereocenters. The quantitative estimate of drug-likeness (QED) is 0.401. The molecule has 7 nitrogen and oxygen atoms in total. The van der Waals surface area contributed by atoms with Crippen molar-refractivity contribution in [3.63, 3.8) is 0 Å². The SMILES string of the molecule is C[C@](CCn1cc(C2CCCC2)cn1)(CS(=O)O)C(=O)NO. The van der Waals surface area contributed by atoms with Gasteiger partial charge in [-0.2, -0.15) is 5.10 Å². The zero-order valence-electron chi connectivity index (χ0n) is 12.7. The number of amides is 1. The van der Waals surface area contributed by atoms with Gasteiger partial charge in [0.15, 0.2) is 11.1 Å². The molecule has 1 amide bonds. The van der Waals surface area contributed by atoms with E-state index in [9.17, 15) is 9.00 Å². The van der Waals surface area contributed by atoms with E-state index in [4.69, 9.17) is 9.76 Å². The van der Waals surface area contributed by atoms with Gasteiger partial charge >= 0.3 is 0 Å². The van der Waals surface area contributed by atoms with Gasteiger partial charge in [0.25, 0.3) is 0 Å². The minimum absolute atomic E-state index is 0.226. The summed E-state index contributed by atoms with van der Waals surface area (Å²) in [5.41, 5.74) is 1.68. The van der Waals surface area contributed by atoms with Crippen molar-refractivity contribution in [2.24, 2.45) is 5.41 Å². The summed E-state index contributed by atoms with van der Waals surface area (Å²) < 4.78 is 21.9. The van der Waals surface area contributed by atoms with E-state index in [1.54, 1.807) is 17.1 Å². The summed E-state index contributed by atoms with van der Waals surface area (Å²) in [5, 5.41) is 13.1. The standard InChI is InChI=1S/C14H23N3O4S/c1-14(10-22(20)21,13(18)16-19)6-7-17-9-12(8-15-17)11-4-2-3-5-11/h8-9,11,19H,2-7,10H2,1H3,(H,16,18)(H,20,21)/t14-/m0/s1. The van der Waals surface area contributed by atoms with Crippen LogP contribution in [0.25, 0.3) is 0 Å². The number of carbonyl (C=O) groups excluding carboxylic acids is 1. The van der Waals surface area contributed by atoms with E-state index in [2.05, 4.69) is 5.10 Å². The maximum absolute atomic E-state index is 11.8. The summed E-state index contributed by atoms with van der Waals surface area (Å²) in [6, 6.07) is 0. The first-order valence-corrected chi connectivity index (χ1v) is 8.76. The van der Waals surface area contributed by atoms with Crippen LogP contribution in [0.2, 0.25) is 0 Å². The summed E-state index contributed by atoms with van der Waals surface area (Å²) in [7, 11) is 0. The highest BCUT2D eigenvalue weighted by Gasteiger charge is 2.35. The molecule has 3 N–H and O–H groups in total. The van der Waals surface area contributed by atoms with Crippen LogP contribution in [0.4, 0.5) is 0 Å². The van der Waals surface area contributed by atoms with Crippen LogP contribution in [0.15, 0.2) is 12.4 Å². The van der Waals surface area contributed by atoms with Gasteiger partial charge in [0.2, 0.25) is 5.91 Å². The van der Waals surface area contributed by atoms with Crippen LogP contribution in [-0.4, -0.2) is 35.4 Å². The molecule has 1 saturated carbocycles.